The van der Waals surface area contributed by atoms with Gasteiger partial charge in [0.25, 0.3) is 0 Å². The van der Waals surface area contributed by atoms with E-state index in [1.54, 1.807) is 12.1 Å². The molecule has 0 saturated carbocycles. The molecule has 1 aromatic heterocycles. The van der Waals surface area contributed by atoms with Gasteiger partial charge in [0.2, 0.25) is 0 Å². The highest BCUT2D eigenvalue weighted by atomic mass is 79.9. The van der Waals surface area contributed by atoms with Crippen molar-refractivity contribution in [3.05, 3.63) is 78.9 Å². The number of allylic oxidation sites excluding steroid dienone is 2. The third-order valence-corrected chi connectivity index (χ3v) is 4.63. The molecule has 0 bridgehead atoms. The first-order valence-electron chi connectivity index (χ1n) is 7.96. The molecular formula is C18H20BrN3O5. The Labute approximate surface area is 163 Å². The summed E-state index contributed by atoms with van der Waals surface area (Å²) in [5, 5.41) is 0. The lowest BCUT2D eigenvalue weighted by Crippen LogP contribution is -2.54. The number of halogens is 1. The van der Waals surface area contributed by atoms with E-state index in [1.807, 2.05) is 0 Å². The van der Waals surface area contributed by atoms with Gasteiger partial charge in [0.05, 0.1) is 33.9 Å². The Morgan fingerprint density at radius 3 is 1.78 bits per heavy atom. The third kappa shape index (κ3) is 3.97. The Bertz CT molecular complexity index is 1000. The van der Waals surface area contributed by atoms with Crippen molar-refractivity contribution < 1.29 is 9.47 Å². The largest absolute Gasteiger partial charge is 0.493 e. The van der Waals surface area contributed by atoms with E-state index in [2.05, 4.69) is 29.1 Å². The molecule has 0 atom stereocenters. The van der Waals surface area contributed by atoms with E-state index in [0.717, 1.165) is 13.7 Å². The third-order valence-electron chi connectivity index (χ3n) is 3.89. The molecule has 0 aliphatic heterocycles. The monoisotopic (exact) mass is 437 g/mol. The van der Waals surface area contributed by atoms with Crippen LogP contribution in [0.15, 0.2) is 56.3 Å². The van der Waals surface area contributed by atoms with Gasteiger partial charge in [0.1, 0.15) is 0 Å². The molecule has 8 nitrogen and oxygen atoms in total. The quantitative estimate of drug-likeness (QED) is 0.582. The van der Waals surface area contributed by atoms with E-state index >= 15 is 0 Å². The van der Waals surface area contributed by atoms with Gasteiger partial charge in [-0.15, -0.1) is 13.2 Å². The minimum absolute atomic E-state index is 0.0117. The van der Waals surface area contributed by atoms with Gasteiger partial charge in [-0.05, 0) is 17.7 Å². The van der Waals surface area contributed by atoms with Crippen molar-refractivity contribution >= 4 is 15.9 Å². The summed E-state index contributed by atoms with van der Waals surface area (Å²) in [4.78, 5) is 37.9. The lowest BCUT2D eigenvalue weighted by atomic mass is 10.2. The smallest absolute Gasteiger partial charge is 0.336 e. The fraction of sp³-hybridized carbons (Fsp3) is 0.278. The van der Waals surface area contributed by atoms with Crippen LogP contribution in [0.1, 0.15) is 5.56 Å². The number of ether oxygens (including phenoxy) is 2. The lowest BCUT2D eigenvalue weighted by Gasteiger charge is -2.15. The summed E-state index contributed by atoms with van der Waals surface area (Å²) in [6, 6.07) is 3.34. The Balaban J connectivity index is 2.71. The lowest BCUT2D eigenvalue weighted by molar-refractivity contribution is 0.354. The van der Waals surface area contributed by atoms with Crippen LogP contribution >= 0.6 is 15.9 Å². The fourth-order valence-electron chi connectivity index (χ4n) is 2.58. The van der Waals surface area contributed by atoms with E-state index in [9.17, 15) is 14.4 Å². The van der Waals surface area contributed by atoms with Crippen molar-refractivity contribution in [3.63, 3.8) is 0 Å². The predicted octanol–water partition coefficient (Wildman–Crippen LogP) is 1.37. The van der Waals surface area contributed by atoms with Crippen LogP contribution in [0.5, 0.6) is 11.5 Å². The number of hydrogen-bond donors (Lipinski definition) is 0. The number of nitrogens with zero attached hydrogens (tertiary/aromatic N) is 3. The minimum atomic E-state index is -0.716. The van der Waals surface area contributed by atoms with Crippen molar-refractivity contribution in [1.82, 2.24) is 13.7 Å². The molecule has 0 amide bonds. The number of benzene rings is 1. The first-order chi connectivity index (χ1) is 12.9. The molecule has 2 aromatic rings. The molecule has 27 heavy (non-hydrogen) atoms. The van der Waals surface area contributed by atoms with Crippen LogP contribution in [-0.2, 0) is 19.6 Å². The van der Waals surface area contributed by atoms with E-state index in [0.29, 0.717) is 21.5 Å². The molecule has 1 aromatic carbocycles. The van der Waals surface area contributed by atoms with Gasteiger partial charge >= 0.3 is 17.1 Å². The molecule has 9 heteroatoms. The molecule has 144 valence electrons. The fourth-order valence-corrected chi connectivity index (χ4v) is 3.02. The summed E-state index contributed by atoms with van der Waals surface area (Å²) in [6.45, 7) is 7.02. The van der Waals surface area contributed by atoms with Gasteiger partial charge in [-0.1, -0.05) is 28.1 Å². The standard InChI is InChI=1S/C18H20BrN3O5/c1-5-7-20-16(23)21(8-6-2)18(25)22(17(20)24)11-12-9-14(26-3)15(27-4)10-13(12)19/h5-6,9-10H,1-2,7-8,11H2,3-4H3. The highest BCUT2D eigenvalue weighted by Gasteiger charge is 2.17. The zero-order valence-corrected chi connectivity index (χ0v) is 16.7. The van der Waals surface area contributed by atoms with Crippen LogP contribution < -0.4 is 26.5 Å². The molecule has 2 rings (SSSR count). The molecule has 0 unspecified atom stereocenters. The summed E-state index contributed by atoms with van der Waals surface area (Å²) < 4.78 is 14.0. The van der Waals surface area contributed by atoms with Crippen molar-refractivity contribution in [2.45, 2.75) is 19.6 Å². The Kier molecular flexibility index (Phi) is 6.62. The average Bonchev–Trinajstić information content (AvgIpc) is 2.66. The molecule has 1 heterocycles. The SMILES string of the molecule is C=CCn1c(=O)n(CC=C)c(=O)n(Cc2cc(OC)c(OC)cc2Br)c1=O. The van der Waals surface area contributed by atoms with Crippen molar-refractivity contribution in [2.75, 3.05) is 14.2 Å². The number of aromatic nitrogens is 3. The van der Waals surface area contributed by atoms with Crippen molar-refractivity contribution in [3.8, 4) is 11.5 Å². The van der Waals surface area contributed by atoms with Gasteiger partial charge < -0.3 is 9.47 Å². The van der Waals surface area contributed by atoms with E-state index in [1.165, 1.54) is 26.4 Å². The van der Waals surface area contributed by atoms with Crippen LogP contribution in [-0.4, -0.2) is 27.9 Å². The van der Waals surface area contributed by atoms with Crippen LogP contribution in [0, 0.1) is 0 Å². The summed E-state index contributed by atoms with van der Waals surface area (Å²) in [5.41, 5.74) is -1.52. The van der Waals surface area contributed by atoms with Crippen molar-refractivity contribution in [2.24, 2.45) is 0 Å². The van der Waals surface area contributed by atoms with E-state index in [-0.39, 0.29) is 19.6 Å². The van der Waals surface area contributed by atoms with Crippen LogP contribution in [0.2, 0.25) is 0 Å². The summed E-state index contributed by atoms with van der Waals surface area (Å²) in [6.07, 6.45) is 2.84. The topological polar surface area (TPSA) is 84.5 Å². The maximum atomic E-state index is 12.7. The Morgan fingerprint density at radius 1 is 0.889 bits per heavy atom. The zero-order chi connectivity index (χ0) is 20.1. The molecule has 0 spiro atoms. The second kappa shape index (κ2) is 8.72. The molecule has 0 aliphatic carbocycles. The highest BCUT2D eigenvalue weighted by molar-refractivity contribution is 9.10. The number of hydrogen-bond acceptors (Lipinski definition) is 5. The molecule has 0 saturated heterocycles. The van der Waals surface area contributed by atoms with Crippen LogP contribution in [0.25, 0.3) is 0 Å². The maximum absolute atomic E-state index is 12.7. The number of methoxy groups -OCH3 is 2. The van der Waals surface area contributed by atoms with Crippen LogP contribution in [0.4, 0.5) is 0 Å². The van der Waals surface area contributed by atoms with Gasteiger partial charge in [0, 0.05) is 4.47 Å². The summed E-state index contributed by atoms with van der Waals surface area (Å²) >= 11 is 3.41. The maximum Gasteiger partial charge on any atom is 0.336 e. The Hall–Kier alpha value is -2.81. The highest BCUT2D eigenvalue weighted by Crippen LogP contribution is 2.33. The molecule has 0 aliphatic rings. The molecular weight excluding hydrogens is 418 g/mol. The number of rotatable bonds is 8. The summed E-state index contributed by atoms with van der Waals surface area (Å²) in [5.74, 6) is 0.954. The van der Waals surface area contributed by atoms with Gasteiger partial charge in [-0.3, -0.25) is 0 Å². The second-order valence-corrected chi connectivity index (χ2v) is 6.39. The van der Waals surface area contributed by atoms with Gasteiger partial charge in [0.15, 0.2) is 11.5 Å². The van der Waals surface area contributed by atoms with E-state index in [4.69, 9.17) is 9.47 Å². The van der Waals surface area contributed by atoms with Crippen LogP contribution in [0.3, 0.4) is 0 Å². The van der Waals surface area contributed by atoms with E-state index < -0.39 is 17.1 Å². The first-order valence-corrected chi connectivity index (χ1v) is 8.75. The predicted molar refractivity (Wildman–Crippen MR) is 106 cm³/mol. The summed E-state index contributed by atoms with van der Waals surface area (Å²) in [7, 11) is 3.00. The van der Waals surface area contributed by atoms with Gasteiger partial charge in [-0.2, -0.15) is 0 Å². The zero-order valence-electron chi connectivity index (χ0n) is 15.1. The normalized spacial score (nSPS) is 10.5. The molecule has 0 N–H and O–H groups in total. The average molecular weight is 438 g/mol. The molecule has 0 fully saturated rings. The molecule has 0 radical (unpaired) electrons. The Morgan fingerprint density at radius 2 is 1.33 bits per heavy atom. The van der Waals surface area contributed by atoms with Crippen molar-refractivity contribution in [1.29, 1.82) is 0 Å². The first kappa shape index (κ1) is 20.5. The second-order valence-electron chi connectivity index (χ2n) is 5.53. The van der Waals surface area contributed by atoms with Gasteiger partial charge in [-0.25, -0.2) is 28.1 Å². The minimum Gasteiger partial charge on any atom is -0.493 e.